The van der Waals surface area contributed by atoms with Gasteiger partial charge in [-0.25, -0.2) is 0 Å². The van der Waals surface area contributed by atoms with E-state index in [0.717, 1.165) is 6.54 Å². The van der Waals surface area contributed by atoms with Gasteiger partial charge in [0.1, 0.15) is 0 Å². The topological polar surface area (TPSA) is 12.0 Å². The Kier molecular flexibility index (Phi) is 5.09. The molecule has 0 aliphatic rings. The molecule has 1 aromatic heterocycles. The largest absolute Gasteiger partial charge is 0.315 e. The van der Waals surface area contributed by atoms with E-state index in [0.29, 0.717) is 6.04 Å². The van der Waals surface area contributed by atoms with Crippen LogP contribution in [0.5, 0.6) is 0 Å². The van der Waals surface area contributed by atoms with Gasteiger partial charge in [0, 0.05) is 6.04 Å². The minimum absolute atomic E-state index is 0.626. The minimum Gasteiger partial charge on any atom is -0.315 e. The smallest absolute Gasteiger partial charge is 0.00103 e. The highest BCUT2D eigenvalue weighted by Crippen LogP contribution is 2.09. The first-order valence-electron chi connectivity index (χ1n) is 5.03. The van der Waals surface area contributed by atoms with Gasteiger partial charge in [-0.3, -0.25) is 0 Å². The number of nitrogens with one attached hydrogen (secondary N) is 1. The summed E-state index contributed by atoms with van der Waals surface area (Å²) in [5.74, 6) is 0. The Balaban J connectivity index is 1.96. The molecular weight excluding hydrogens is 178 g/mol. The van der Waals surface area contributed by atoms with E-state index < -0.39 is 0 Å². The van der Waals surface area contributed by atoms with Crippen molar-refractivity contribution in [1.29, 1.82) is 0 Å². The Morgan fingerprint density at radius 1 is 1.38 bits per heavy atom. The van der Waals surface area contributed by atoms with Gasteiger partial charge in [-0.05, 0) is 48.2 Å². The third kappa shape index (κ3) is 5.06. The molecule has 0 saturated heterocycles. The zero-order valence-electron chi connectivity index (χ0n) is 8.55. The highest BCUT2D eigenvalue weighted by atomic mass is 32.1. The van der Waals surface area contributed by atoms with Crippen molar-refractivity contribution >= 4 is 11.3 Å². The summed E-state index contributed by atoms with van der Waals surface area (Å²) < 4.78 is 0. The fraction of sp³-hybridized carbons (Fsp3) is 0.636. The molecule has 0 unspecified atom stereocenters. The molecule has 1 rings (SSSR count). The third-order valence-corrected chi connectivity index (χ3v) is 2.76. The Labute approximate surface area is 85.2 Å². The molecule has 2 heteroatoms. The third-order valence-electron chi connectivity index (χ3n) is 2.02. The van der Waals surface area contributed by atoms with Crippen LogP contribution >= 0.6 is 11.3 Å². The summed E-state index contributed by atoms with van der Waals surface area (Å²) in [6, 6.07) is 2.85. The van der Waals surface area contributed by atoms with Gasteiger partial charge in [0.25, 0.3) is 0 Å². The van der Waals surface area contributed by atoms with Crippen molar-refractivity contribution in [2.75, 3.05) is 6.54 Å². The lowest BCUT2D eigenvalue weighted by Gasteiger charge is -2.06. The van der Waals surface area contributed by atoms with Gasteiger partial charge >= 0.3 is 0 Å². The minimum atomic E-state index is 0.626. The fourth-order valence-corrected chi connectivity index (χ4v) is 1.98. The quantitative estimate of drug-likeness (QED) is 0.691. The molecule has 13 heavy (non-hydrogen) atoms. The van der Waals surface area contributed by atoms with Gasteiger partial charge in [-0.1, -0.05) is 13.8 Å². The Hall–Kier alpha value is -0.340. The van der Waals surface area contributed by atoms with Gasteiger partial charge < -0.3 is 5.32 Å². The second-order valence-corrected chi connectivity index (χ2v) is 4.48. The second kappa shape index (κ2) is 6.17. The maximum absolute atomic E-state index is 3.43. The molecule has 0 atom stereocenters. The first kappa shape index (κ1) is 10.7. The van der Waals surface area contributed by atoms with Crippen LogP contribution in [0.4, 0.5) is 0 Å². The molecule has 0 aromatic carbocycles. The van der Waals surface area contributed by atoms with Gasteiger partial charge in [0.2, 0.25) is 0 Å². The average molecular weight is 197 g/mol. The zero-order valence-corrected chi connectivity index (χ0v) is 9.36. The monoisotopic (exact) mass is 197 g/mol. The predicted octanol–water partition coefficient (Wildman–Crippen LogP) is 3.07. The molecule has 0 aliphatic carbocycles. The van der Waals surface area contributed by atoms with Crippen LogP contribution in [0.3, 0.4) is 0 Å². The highest BCUT2D eigenvalue weighted by Gasteiger charge is 1.94. The summed E-state index contributed by atoms with van der Waals surface area (Å²) in [4.78, 5) is 0. The fourth-order valence-electron chi connectivity index (χ4n) is 1.28. The maximum Gasteiger partial charge on any atom is 0.00103 e. The van der Waals surface area contributed by atoms with Crippen molar-refractivity contribution in [3.05, 3.63) is 22.4 Å². The standard InChI is InChI=1S/C11H19NS/c1-10(2)12-7-4-3-5-11-6-8-13-9-11/h6,8-10,12H,3-5,7H2,1-2H3. The first-order chi connectivity index (χ1) is 6.29. The number of thiophene rings is 1. The number of hydrogen-bond donors (Lipinski definition) is 1. The number of hydrogen-bond acceptors (Lipinski definition) is 2. The molecule has 0 aliphatic heterocycles. The molecule has 0 radical (unpaired) electrons. The van der Waals surface area contributed by atoms with Gasteiger partial charge in [-0.15, -0.1) is 0 Å². The van der Waals surface area contributed by atoms with Gasteiger partial charge in [0.05, 0.1) is 0 Å². The SMILES string of the molecule is CC(C)NCCCCc1ccsc1. The van der Waals surface area contributed by atoms with Crippen molar-refractivity contribution in [3.8, 4) is 0 Å². The molecule has 0 fully saturated rings. The second-order valence-electron chi connectivity index (χ2n) is 3.70. The van der Waals surface area contributed by atoms with Crippen LogP contribution in [-0.4, -0.2) is 12.6 Å². The van der Waals surface area contributed by atoms with Crippen LogP contribution in [0.15, 0.2) is 16.8 Å². The summed E-state index contributed by atoms with van der Waals surface area (Å²) >= 11 is 1.79. The molecule has 1 nitrogen and oxygen atoms in total. The lowest BCUT2D eigenvalue weighted by molar-refractivity contribution is 0.558. The zero-order chi connectivity index (χ0) is 9.52. The van der Waals surface area contributed by atoms with Crippen molar-refractivity contribution in [2.45, 2.75) is 39.2 Å². The van der Waals surface area contributed by atoms with E-state index in [-0.39, 0.29) is 0 Å². The van der Waals surface area contributed by atoms with E-state index in [4.69, 9.17) is 0 Å². The van der Waals surface area contributed by atoms with Crippen molar-refractivity contribution < 1.29 is 0 Å². The number of rotatable bonds is 6. The van der Waals surface area contributed by atoms with E-state index in [1.54, 1.807) is 11.3 Å². The molecule has 0 spiro atoms. The molecule has 1 heterocycles. The predicted molar refractivity (Wildman–Crippen MR) is 60.4 cm³/mol. The van der Waals surface area contributed by atoms with E-state index in [1.807, 2.05) is 0 Å². The molecule has 1 N–H and O–H groups in total. The lowest BCUT2D eigenvalue weighted by Crippen LogP contribution is -2.23. The summed E-state index contributed by atoms with van der Waals surface area (Å²) in [7, 11) is 0. The van der Waals surface area contributed by atoms with Crippen LogP contribution < -0.4 is 5.32 Å². The molecule has 1 aromatic rings. The van der Waals surface area contributed by atoms with Gasteiger partial charge in [-0.2, -0.15) is 11.3 Å². The Morgan fingerprint density at radius 3 is 2.85 bits per heavy atom. The van der Waals surface area contributed by atoms with Crippen molar-refractivity contribution in [3.63, 3.8) is 0 Å². The van der Waals surface area contributed by atoms with Gasteiger partial charge in [0.15, 0.2) is 0 Å². The van der Waals surface area contributed by atoms with Crippen LogP contribution in [0.25, 0.3) is 0 Å². The average Bonchev–Trinajstić information content (AvgIpc) is 2.55. The molecule has 0 bridgehead atoms. The first-order valence-corrected chi connectivity index (χ1v) is 5.98. The van der Waals surface area contributed by atoms with Crippen LogP contribution in [-0.2, 0) is 6.42 Å². The Bertz CT molecular complexity index is 204. The van der Waals surface area contributed by atoms with Crippen LogP contribution in [0, 0.1) is 0 Å². The van der Waals surface area contributed by atoms with Crippen LogP contribution in [0.1, 0.15) is 32.3 Å². The van der Waals surface area contributed by atoms with E-state index >= 15 is 0 Å². The van der Waals surface area contributed by atoms with Crippen molar-refractivity contribution in [2.24, 2.45) is 0 Å². The van der Waals surface area contributed by atoms with E-state index in [2.05, 4.69) is 36.0 Å². The molecule has 74 valence electrons. The van der Waals surface area contributed by atoms with Crippen molar-refractivity contribution in [1.82, 2.24) is 5.32 Å². The highest BCUT2D eigenvalue weighted by molar-refractivity contribution is 7.07. The normalized spacial score (nSPS) is 11.0. The number of unbranched alkanes of at least 4 members (excludes halogenated alkanes) is 1. The summed E-state index contributed by atoms with van der Waals surface area (Å²) in [5, 5.41) is 7.83. The Morgan fingerprint density at radius 2 is 2.23 bits per heavy atom. The van der Waals surface area contributed by atoms with Crippen LogP contribution in [0.2, 0.25) is 0 Å². The summed E-state index contributed by atoms with van der Waals surface area (Å²) in [6.07, 6.45) is 3.83. The lowest BCUT2D eigenvalue weighted by atomic mass is 10.1. The van der Waals surface area contributed by atoms with E-state index in [1.165, 1.54) is 24.8 Å². The molecule has 0 saturated carbocycles. The molecular formula is C11H19NS. The summed E-state index contributed by atoms with van der Waals surface area (Å²) in [6.45, 7) is 5.54. The maximum atomic E-state index is 3.43. The number of aryl methyl sites for hydroxylation is 1. The van der Waals surface area contributed by atoms with E-state index in [9.17, 15) is 0 Å². The summed E-state index contributed by atoms with van der Waals surface area (Å²) in [5.41, 5.74) is 1.49. The molecule has 0 amide bonds.